The normalized spacial score (nSPS) is 22.6. The van der Waals surface area contributed by atoms with Gasteiger partial charge in [0.15, 0.2) is 0 Å². The standard InChI is InChI=1S/C28H29NO5S/c1-17-5-10-23(35-17)13-25(30)19-6-8-20(9-7-19)27-24(22(14-29)12-26(27)31)16-34-15-18-3-2-4-21(11-18)28(32)33/h2-11,22,24-27,30-31H,12-13,15-16H2,1H3,(H,32,33)/t22-,24?,25?,26+,27?/m0/s1. The van der Waals surface area contributed by atoms with E-state index in [9.17, 15) is 25.4 Å². The van der Waals surface area contributed by atoms with E-state index in [0.29, 0.717) is 12.8 Å². The number of nitrogens with zero attached hydrogens (tertiary/aromatic N) is 1. The topological polar surface area (TPSA) is 111 Å². The SMILES string of the molecule is Cc1ccc(CC(O)c2ccc(C3C(COCc4cccc(C(=O)O)c4)[C@H](C#N)C[C@H]3O)cc2)s1. The third kappa shape index (κ3) is 5.98. The van der Waals surface area contributed by atoms with Gasteiger partial charge in [0.05, 0.1) is 43.0 Å². The highest BCUT2D eigenvalue weighted by Crippen LogP contribution is 2.44. The highest BCUT2D eigenvalue weighted by Gasteiger charge is 2.43. The first kappa shape index (κ1) is 25.1. The fraction of sp³-hybridized carbons (Fsp3) is 0.357. The van der Waals surface area contributed by atoms with Crippen molar-refractivity contribution in [3.8, 4) is 6.07 Å². The van der Waals surface area contributed by atoms with Gasteiger partial charge in [0, 0.05) is 28.0 Å². The lowest BCUT2D eigenvalue weighted by Gasteiger charge is -2.24. The third-order valence-electron chi connectivity index (χ3n) is 6.70. The lowest BCUT2D eigenvalue weighted by Crippen LogP contribution is -2.23. The van der Waals surface area contributed by atoms with Gasteiger partial charge in [-0.2, -0.15) is 5.26 Å². The molecule has 0 saturated heterocycles. The van der Waals surface area contributed by atoms with Gasteiger partial charge in [0.1, 0.15) is 0 Å². The molecule has 2 aromatic carbocycles. The number of aromatic carboxylic acids is 1. The van der Waals surface area contributed by atoms with Gasteiger partial charge in [0.2, 0.25) is 0 Å². The summed E-state index contributed by atoms with van der Waals surface area (Å²) >= 11 is 1.68. The molecular formula is C28H29NO5S. The highest BCUT2D eigenvalue weighted by atomic mass is 32.1. The number of carboxylic acid groups (broad SMARTS) is 1. The molecule has 0 radical (unpaired) electrons. The monoisotopic (exact) mass is 491 g/mol. The molecular weight excluding hydrogens is 462 g/mol. The summed E-state index contributed by atoms with van der Waals surface area (Å²) < 4.78 is 5.91. The van der Waals surface area contributed by atoms with Crippen molar-refractivity contribution in [3.05, 3.63) is 92.7 Å². The largest absolute Gasteiger partial charge is 0.478 e. The minimum absolute atomic E-state index is 0.192. The summed E-state index contributed by atoms with van der Waals surface area (Å²) in [5.74, 6) is -1.78. The van der Waals surface area contributed by atoms with Crippen LogP contribution in [0.1, 0.15) is 55.2 Å². The van der Waals surface area contributed by atoms with Crippen molar-refractivity contribution < 1.29 is 24.9 Å². The maximum atomic E-state index is 11.2. The molecule has 5 atom stereocenters. The number of benzene rings is 2. The Labute approximate surface area is 209 Å². The van der Waals surface area contributed by atoms with Crippen LogP contribution in [-0.2, 0) is 17.8 Å². The molecule has 1 aliphatic rings. The lowest BCUT2D eigenvalue weighted by atomic mass is 9.84. The van der Waals surface area contributed by atoms with Crippen LogP contribution in [0.15, 0.2) is 60.7 Å². The van der Waals surface area contributed by atoms with Gasteiger partial charge < -0.3 is 20.1 Å². The summed E-state index contributed by atoms with van der Waals surface area (Å²) in [5.41, 5.74) is 2.68. The molecule has 0 aliphatic heterocycles. The molecule has 4 rings (SSSR count). The van der Waals surface area contributed by atoms with Crippen molar-refractivity contribution in [2.24, 2.45) is 11.8 Å². The molecule has 1 saturated carbocycles. The zero-order valence-corrected chi connectivity index (χ0v) is 20.3. The predicted molar refractivity (Wildman–Crippen MR) is 133 cm³/mol. The molecule has 3 N–H and O–H groups in total. The van der Waals surface area contributed by atoms with E-state index in [-0.39, 0.29) is 36.5 Å². The van der Waals surface area contributed by atoms with Gasteiger partial charge in [-0.3, -0.25) is 0 Å². The Bertz CT molecular complexity index is 1200. The number of rotatable bonds is 9. The maximum Gasteiger partial charge on any atom is 0.335 e. The van der Waals surface area contributed by atoms with E-state index in [2.05, 4.69) is 6.07 Å². The van der Waals surface area contributed by atoms with Crippen LogP contribution < -0.4 is 0 Å². The Hall–Kier alpha value is -3.02. The Morgan fingerprint density at radius 1 is 1.20 bits per heavy atom. The molecule has 0 amide bonds. The molecule has 1 heterocycles. The maximum absolute atomic E-state index is 11.2. The van der Waals surface area contributed by atoms with Gasteiger partial charge in [-0.05, 0) is 54.3 Å². The number of hydrogen-bond donors (Lipinski definition) is 3. The molecule has 3 unspecified atom stereocenters. The quantitative estimate of drug-likeness (QED) is 0.395. The Balaban J connectivity index is 1.43. The van der Waals surface area contributed by atoms with Crippen LogP contribution in [0.3, 0.4) is 0 Å². The fourth-order valence-electron chi connectivity index (χ4n) is 4.91. The average Bonchev–Trinajstić information content (AvgIpc) is 3.41. The van der Waals surface area contributed by atoms with Gasteiger partial charge in [-0.15, -0.1) is 11.3 Å². The molecule has 1 fully saturated rings. The van der Waals surface area contributed by atoms with E-state index in [1.165, 1.54) is 10.9 Å². The summed E-state index contributed by atoms with van der Waals surface area (Å²) in [5, 5.41) is 40.3. The number of aryl methyl sites for hydroxylation is 1. The molecule has 0 spiro atoms. The van der Waals surface area contributed by atoms with Crippen molar-refractivity contribution >= 4 is 17.3 Å². The van der Waals surface area contributed by atoms with Crippen molar-refractivity contribution in [3.63, 3.8) is 0 Å². The fourth-order valence-corrected chi connectivity index (χ4v) is 5.83. The number of aliphatic hydroxyl groups excluding tert-OH is 2. The molecule has 3 aromatic rings. The van der Waals surface area contributed by atoms with E-state index in [4.69, 9.17) is 4.74 Å². The van der Waals surface area contributed by atoms with Crippen LogP contribution in [0.4, 0.5) is 0 Å². The predicted octanol–water partition coefficient (Wildman–Crippen LogP) is 4.85. The first-order chi connectivity index (χ1) is 16.9. The molecule has 1 aromatic heterocycles. The second kappa shape index (κ2) is 11.1. The van der Waals surface area contributed by atoms with Crippen LogP contribution in [-0.4, -0.2) is 34.0 Å². The lowest BCUT2D eigenvalue weighted by molar-refractivity contribution is 0.0658. The Kier molecular flexibility index (Phi) is 7.99. The highest BCUT2D eigenvalue weighted by molar-refractivity contribution is 7.11. The third-order valence-corrected chi connectivity index (χ3v) is 7.73. The van der Waals surface area contributed by atoms with E-state index in [1.54, 1.807) is 29.5 Å². The second-order valence-electron chi connectivity index (χ2n) is 9.15. The molecule has 7 heteroatoms. The van der Waals surface area contributed by atoms with E-state index in [1.807, 2.05) is 43.3 Å². The minimum atomic E-state index is -0.991. The van der Waals surface area contributed by atoms with Crippen LogP contribution >= 0.6 is 11.3 Å². The molecule has 182 valence electrons. The zero-order chi connectivity index (χ0) is 24.9. The smallest absolute Gasteiger partial charge is 0.335 e. The zero-order valence-electron chi connectivity index (χ0n) is 19.5. The van der Waals surface area contributed by atoms with Crippen LogP contribution in [0.25, 0.3) is 0 Å². The minimum Gasteiger partial charge on any atom is -0.478 e. The Morgan fingerprint density at radius 2 is 1.97 bits per heavy atom. The first-order valence-electron chi connectivity index (χ1n) is 11.7. The number of aliphatic hydroxyl groups is 2. The summed E-state index contributed by atoms with van der Waals surface area (Å²) in [4.78, 5) is 13.5. The molecule has 6 nitrogen and oxygen atoms in total. The van der Waals surface area contributed by atoms with Crippen LogP contribution in [0.5, 0.6) is 0 Å². The Morgan fingerprint density at radius 3 is 2.63 bits per heavy atom. The number of carbonyl (C=O) groups is 1. The number of carboxylic acids is 1. The molecule has 0 bridgehead atoms. The van der Waals surface area contributed by atoms with Gasteiger partial charge >= 0.3 is 5.97 Å². The molecule has 1 aliphatic carbocycles. The van der Waals surface area contributed by atoms with Crippen LogP contribution in [0, 0.1) is 30.1 Å². The summed E-state index contributed by atoms with van der Waals surface area (Å²) in [7, 11) is 0. The molecule has 35 heavy (non-hydrogen) atoms. The van der Waals surface area contributed by atoms with E-state index in [0.717, 1.165) is 21.6 Å². The number of nitriles is 1. The summed E-state index contributed by atoms with van der Waals surface area (Å²) in [6.45, 7) is 2.55. The van der Waals surface area contributed by atoms with Gasteiger partial charge in [-0.25, -0.2) is 4.79 Å². The van der Waals surface area contributed by atoms with Crippen molar-refractivity contribution in [1.29, 1.82) is 5.26 Å². The van der Waals surface area contributed by atoms with Gasteiger partial charge in [0.25, 0.3) is 0 Å². The summed E-state index contributed by atoms with van der Waals surface area (Å²) in [6, 6.07) is 20.6. The van der Waals surface area contributed by atoms with Gasteiger partial charge in [-0.1, -0.05) is 36.4 Å². The first-order valence-corrected chi connectivity index (χ1v) is 12.5. The number of hydrogen-bond acceptors (Lipinski definition) is 6. The second-order valence-corrected chi connectivity index (χ2v) is 10.5. The van der Waals surface area contributed by atoms with Crippen molar-refractivity contribution in [2.75, 3.05) is 6.61 Å². The number of ether oxygens (including phenoxy) is 1. The van der Waals surface area contributed by atoms with Crippen molar-refractivity contribution in [2.45, 2.75) is 44.5 Å². The average molecular weight is 492 g/mol. The van der Waals surface area contributed by atoms with Crippen LogP contribution in [0.2, 0.25) is 0 Å². The number of thiophene rings is 1. The summed E-state index contributed by atoms with van der Waals surface area (Å²) in [6.07, 6.45) is -0.331. The van der Waals surface area contributed by atoms with E-state index < -0.39 is 18.2 Å². The van der Waals surface area contributed by atoms with Crippen molar-refractivity contribution in [1.82, 2.24) is 0 Å². The van der Waals surface area contributed by atoms with E-state index >= 15 is 0 Å².